The number of nitrogens with zero attached hydrogens (tertiary/aromatic N) is 1. The number of carbonyl (C=O) groups excluding carboxylic acids is 2. The number of ether oxygens (including phenoxy) is 2. The van der Waals surface area contributed by atoms with Crippen molar-refractivity contribution in [2.75, 3.05) is 11.5 Å². The highest BCUT2D eigenvalue weighted by molar-refractivity contribution is 5.99. The molecule has 1 aliphatic rings. The van der Waals surface area contributed by atoms with Gasteiger partial charge in [-0.1, -0.05) is 48.5 Å². The zero-order chi connectivity index (χ0) is 20.9. The first-order valence-electron chi connectivity index (χ1n) is 9.95. The molecule has 0 aromatic heterocycles. The van der Waals surface area contributed by atoms with E-state index in [0.717, 1.165) is 23.2 Å². The minimum Gasteiger partial charge on any atom is -0.489 e. The first-order chi connectivity index (χ1) is 14.6. The molecule has 0 saturated heterocycles. The van der Waals surface area contributed by atoms with Gasteiger partial charge in [-0.2, -0.15) is 0 Å². The molecule has 1 amide bonds. The van der Waals surface area contributed by atoms with Crippen molar-refractivity contribution < 1.29 is 19.1 Å². The van der Waals surface area contributed by atoms with Crippen LogP contribution in [0.25, 0.3) is 0 Å². The standard InChI is InChI=1S/C25H23NO4/c1-18-15-21-9-5-6-10-23(21)26(18)24(27)17-30-25(28)20-11-13-22(14-12-20)29-16-19-7-3-2-4-8-19/h2-14,18H,15-17H2,1H3. The van der Waals surface area contributed by atoms with Crippen molar-refractivity contribution >= 4 is 17.6 Å². The van der Waals surface area contributed by atoms with E-state index in [1.54, 1.807) is 29.2 Å². The van der Waals surface area contributed by atoms with Crippen LogP contribution < -0.4 is 9.64 Å². The van der Waals surface area contributed by atoms with Crippen molar-refractivity contribution in [3.8, 4) is 5.75 Å². The topological polar surface area (TPSA) is 55.8 Å². The van der Waals surface area contributed by atoms with E-state index in [1.165, 1.54) is 0 Å². The third-order valence-corrected chi connectivity index (χ3v) is 5.14. The summed E-state index contributed by atoms with van der Waals surface area (Å²) in [5, 5.41) is 0. The summed E-state index contributed by atoms with van der Waals surface area (Å²) >= 11 is 0. The quantitative estimate of drug-likeness (QED) is 0.575. The van der Waals surface area contributed by atoms with Crippen LogP contribution in [0.2, 0.25) is 0 Å². The van der Waals surface area contributed by atoms with Gasteiger partial charge in [0.2, 0.25) is 0 Å². The second kappa shape index (κ2) is 8.82. The van der Waals surface area contributed by atoms with Crippen molar-refractivity contribution in [3.63, 3.8) is 0 Å². The van der Waals surface area contributed by atoms with Crippen molar-refractivity contribution in [3.05, 3.63) is 95.6 Å². The van der Waals surface area contributed by atoms with Crippen LogP contribution in [0, 0.1) is 0 Å². The van der Waals surface area contributed by atoms with E-state index in [2.05, 4.69) is 0 Å². The van der Waals surface area contributed by atoms with Crippen LogP contribution >= 0.6 is 0 Å². The number of esters is 1. The fourth-order valence-corrected chi connectivity index (χ4v) is 3.65. The fraction of sp³-hybridized carbons (Fsp3) is 0.200. The SMILES string of the molecule is CC1Cc2ccccc2N1C(=O)COC(=O)c1ccc(OCc2ccccc2)cc1. The molecular formula is C25H23NO4. The van der Waals surface area contributed by atoms with Crippen LogP contribution in [0.1, 0.15) is 28.4 Å². The lowest BCUT2D eigenvalue weighted by Gasteiger charge is -2.22. The second-order valence-corrected chi connectivity index (χ2v) is 7.32. The minimum absolute atomic E-state index is 0.0506. The molecule has 0 radical (unpaired) electrons. The molecule has 1 heterocycles. The monoisotopic (exact) mass is 401 g/mol. The van der Waals surface area contributed by atoms with Gasteiger partial charge in [0.25, 0.3) is 5.91 Å². The van der Waals surface area contributed by atoms with E-state index in [-0.39, 0.29) is 18.6 Å². The van der Waals surface area contributed by atoms with Gasteiger partial charge in [0, 0.05) is 11.7 Å². The highest BCUT2D eigenvalue weighted by Gasteiger charge is 2.31. The molecule has 0 fully saturated rings. The highest BCUT2D eigenvalue weighted by Crippen LogP contribution is 2.31. The lowest BCUT2D eigenvalue weighted by atomic mass is 10.1. The van der Waals surface area contributed by atoms with Gasteiger partial charge in [-0.3, -0.25) is 4.79 Å². The molecule has 3 aromatic rings. The van der Waals surface area contributed by atoms with E-state index in [4.69, 9.17) is 9.47 Å². The minimum atomic E-state index is -0.530. The normalized spacial score (nSPS) is 14.8. The van der Waals surface area contributed by atoms with Gasteiger partial charge in [-0.05, 0) is 54.8 Å². The number of carbonyl (C=O) groups is 2. The number of anilines is 1. The van der Waals surface area contributed by atoms with E-state index in [0.29, 0.717) is 17.9 Å². The van der Waals surface area contributed by atoms with E-state index in [9.17, 15) is 9.59 Å². The van der Waals surface area contributed by atoms with Crippen LogP contribution in [-0.4, -0.2) is 24.5 Å². The van der Waals surface area contributed by atoms with Crippen LogP contribution in [0.4, 0.5) is 5.69 Å². The van der Waals surface area contributed by atoms with Crippen molar-refractivity contribution in [2.45, 2.75) is 26.0 Å². The van der Waals surface area contributed by atoms with Crippen molar-refractivity contribution in [1.29, 1.82) is 0 Å². The third kappa shape index (κ3) is 4.35. The molecule has 1 atom stereocenters. The molecule has 152 valence electrons. The van der Waals surface area contributed by atoms with Crippen molar-refractivity contribution in [1.82, 2.24) is 0 Å². The number of benzene rings is 3. The first-order valence-corrected chi connectivity index (χ1v) is 9.95. The van der Waals surface area contributed by atoms with Gasteiger partial charge in [-0.15, -0.1) is 0 Å². The number of rotatable bonds is 6. The summed E-state index contributed by atoms with van der Waals surface area (Å²) in [6.07, 6.45) is 0.806. The van der Waals surface area contributed by atoms with Crippen molar-refractivity contribution in [2.24, 2.45) is 0 Å². The molecule has 5 nitrogen and oxygen atoms in total. The fourth-order valence-electron chi connectivity index (χ4n) is 3.65. The number of fused-ring (bicyclic) bond motifs is 1. The summed E-state index contributed by atoms with van der Waals surface area (Å²) < 4.78 is 11.0. The maximum atomic E-state index is 12.7. The van der Waals surface area contributed by atoms with Crippen LogP contribution in [-0.2, 0) is 22.6 Å². The van der Waals surface area contributed by atoms with Crippen LogP contribution in [0.15, 0.2) is 78.9 Å². The van der Waals surface area contributed by atoms with Gasteiger partial charge in [0.1, 0.15) is 12.4 Å². The third-order valence-electron chi connectivity index (χ3n) is 5.14. The molecule has 5 heteroatoms. The van der Waals surface area contributed by atoms with Crippen LogP contribution in [0.3, 0.4) is 0 Å². The molecule has 1 aliphatic heterocycles. The zero-order valence-electron chi connectivity index (χ0n) is 16.8. The largest absolute Gasteiger partial charge is 0.489 e. The molecule has 4 rings (SSSR count). The summed E-state index contributed by atoms with van der Waals surface area (Å²) in [6.45, 7) is 2.16. The number of hydrogen-bond acceptors (Lipinski definition) is 4. The van der Waals surface area contributed by atoms with E-state index < -0.39 is 5.97 Å². The maximum Gasteiger partial charge on any atom is 0.338 e. The Hall–Kier alpha value is -3.60. The Kier molecular flexibility index (Phi) is 5.80. The average molecular weight is 401 g/mol. The summed E-state index contributed by atoms with van der Waals surface area (Å²) in [5.74, 6) is -0.0873. The lowest BCUT2D eigenvalue weighted by Crippen LogP contribution is -2.38. The average Bonchev–Trinajstić information content (AvgIpc) is 3.12. The predicted octanol–water partition coefficient (Wildman–Crippen LogP) is 4.40. The Morgan fingerprint density at radius 2 is 1.63 bits per heavy atom. The molecule has 0 aliphatic carbocycles. The second-order valence-electron chi connectivity index (χ2n) is 7.32. The Morgan fingerprint density at radius 3 is 2.40 bits per heavy atom. The number of amides is 1. The summed E-state index contributed by atoms with van der Waals surface area (Å²) in [4.78, 5) is 26.7. The molecule has 0 saturated carbocycles. The molecule has 0 bridgehead atoms. The first kappa shape index (κ1) is 19.7. The molecule has 0 spiro atoms. The molecular weight excluding hydrogens is 378 g/mol. The van der Waals surface area contributed by atoms with Crippen LogP contribution in [0.5, 0.6) is 5.75 Å². The smallest absolute Gasteiger partial charge is 0.338 e. The van der Waals surface area contributed by atoms with Gasteiger partial charge in [-0.25, -0.2) is 4.79 Å². The Morgan fingerprint density at radius 1 is 0.933 bits per heavy atom. The lowest BCUT2D eigenvalue weighted by molar-refractivity contribution is -0.122. The summed E-state index contributed by atoms with van der Waals surface area (Å²) in [6, 6.07) is 24.4. The maximum absolute atomic E-state index is 12.7. The molecule has 0 N–H and O–H groups in total. The summed E-state index contributed by atoms with van der Waals surface area (Å²) in [7, 11) is 0. The molecule has 30 heavy (non-hydrogen) atoms. The Labute approximate surface area is 175 Å². The molecule has 1 unspecified atom stereocenters. The van der Waals surface area contributed by atoms with Gasteiger partial charge in [0.05, 0.1) is 5.56 Å². The Balaban J connectivity index is 1.31. The van der Waals surface area contributed by atoms with Gasteiger partial charge >= 0.3 is 5.97 Å². The number of hydrogen-bond donors (Lipinski definition) is 0. The molecule has 3 aromatic carbocycles. The zero-order valence-corrected chi connectivity index (χ0v) is 16.8. The predicted molar refractivity (Wildman–Crippen MR) is 115 cm³/mol. The number of para-hydroxylation sites is 1. The van der Waals surface area contributed by atoms with Gasteiger partial charge in [0.15, 0.2) is 6.61 Å². The Bertz CT molecular complexity index is 1030. The summed E-state index contributed by atoms with van der Waals surface area (Å²) in [5.41, 5.74) is 3.48. The highest BCUT2D eigenvalue weighted by atomic mass is 16.5. The van der Waals surface area contributed by atoms with E-state index in [1.807, 2.05) is 61.5 Å². The van der Waals surface area contributed by atoms with E-state index >= 15 is 0 Å². The van der Waals surface area contributed by atoms with Gasteiger partial charge < -0.3 is 14.4 Å².